The second kappa shape index (κ2) is 8.00. The number of urea groups is 1. The lowest BCUT2D eigenvalue weighted by molar-refractivity contribution is -0.123. The van der Waals surface area contributed by atoms with E-state index in [1.807, 2.05) is 4.90 Å². The second-order valence-corrected chi connectivity index (χ2v) is 8.88. The Kier molecular flexibility index (Phi) is 5.22. The number of aromatic nitrogens is 3. The number of thiazole rings is 1. The van der Waals surface area contributed by atoms with Crippen LogP contribution in [0.1, 0.15) is 29.7 Å². The van der Waals surface area contributed by atoms with Gasteiger partial charge in [-0.25, -0.2) is 19.7 Å². The van der Waals surface area contributed by atoms with Gasteiger partial charge in [0.05, 0.1) is 17.9 Å². The normalized spacial score (nSPS) is 22.8. The van der Waals surface area contributed by atoms with Gasteiger partial charge in [0.15, 0.2) is 10.9 Å². The average Bonchev–Trinajstić information content (AvgIpc) is 3.53. The van der Waals surface area contributed by atoms with Gasteiger partial charge in [0.25, 0.3) is 5.91 Å². The van der Waals surface area contributed by atoms with Crippen LogP contribution < -0.4 is 25.8 Å². The zero-order valence-corrected chi connectivity index (χ0v) is 18.5. The summed E-state index contributed by atoms with van der Waals surface area (Å²) in [6.45, 7) is 1.49. The SMILES string of the molecule is CC1(c2csc(NC(=O)N3c4nc(C(=O)NCC(F)(F)F)ncc4N4CC[C@H]3C4)n2)NC=CO1. The van der Waals surface area contributed by atoms with E-state index in [2.05, 4.69) is 25.6 Å². The van der Waals surface area contributed by atoms with Gasteiger partial charge >= 0.3 is 12.2 Å². The summed E-state index contributed by atoms with van der Waals surface area (Å²) in [5.41, 5.74) is 0.266. The number of anilines is 3. The summed E-state index contributed by atoms with van der Waals surface area (Å²) in [6.07, 6.45) is 0.598. The molecule has 3 aliphatic rings. The van der Waals surface area contributed by atoms with Gasteiger partial charge in [-0.3, -0.25) is 15.0 Å². The van der Waals surface area contributed by atoms with Crippen molar-refractivity contribution in [2.45, 2.75) is 31.3 Å². The van der Waals surface area contributed by atoms with Gasteiger partial charge in [-0.1, -0.05) is 0 Å². The first-order valence-electron chi connectivity index (χ1n) is 10.3. The maximum absolute atomic E-state index is 13.3. The number of ether oxygens (including phenoxy) is 1. The monoisotopic (exact) mass is 496 g/mol. The van der Waals surface area contributed by atoms with E-state index < -0.39 is 36.2 Å². The first-order chi connectivity index (χ1) is 16.1. The number of halogens is 3. The Morgan fingerprint density at radius 2 is 2.21 bits per heavy atom. The summed E-state index contributed by atoms with van der Waals surface area (Å²) in [5.74, 6) is -1.37. The minimum absolute atomic E-state index is 0.159. The predicted molar refractivity (Wildman–Crippen MR) is 115 cm³/mol. The van der Waals surface area contributed by atoms with Crippen molar-refractivity contribution in [3.05, 3.63) is 35.6 Å². The molecule has 34 heavy (non-hydrogen) atoms. The van der Waals surface area contributed by atoms with E-state index in [0.29, 0.717) is 36.0 Å². The Morgan fingerprint density at radius 1 is 1.38 bits per heavy atom. The van der Waals surface area contributed by atoms with Crippen LogP contribution in [0.3, 0.4) is 0 Å². The van der Waals surface area contributed by atoms with Crippen LogP contribution in [-0.4, -0.2) is 58.7 Å². The van der Waals surface area contributed by atoms with E-state index in [1.54, 1.807) is 23.8 Å². The largest absolute Gasteiger partial charge is 0.469 e. The maximum atomic E-state index is 13.3. The van der Waals surface area contributed by atoms with Gasteiger partial charge in [-0.05, 0) is 6.42 Å². The van der Waals surface area contributed by atoms with Crippen LogP contribution in [0, 0.1) is 0 Å². The lowest BCUT2D eigenvalue weighted by atomic mass is 10.2. The van der Waals surface area contributed by atoms with Gasteiger partial charge in [0, 0.05) is 31.6 Å². The summed E-state index contributed by atoms with van der Waals surface area (Å²) < 4.78 is 42.9. The molecule has 2 bridgehead atoms. The third-order valence-corrected chi connectivity index (χ3v) is 6.41. The molecule has 3 N–H and O–H groups in total. The number of nitrogens with zero attached hydrogens (tertiary/aromatic N) is 5. The Bertz CT molecular complexity index is 1160. The van der Waals surface area contributed by atoms with Gasteiger partial charge in [0.2, 0.25) is 11.5 Å². The fraction of sp³-hybridized carbons (Fsp3) is 0.421. The quantitative estimate of drug-likeness (QED) is 0.588. The molecule has 0 radical (unpaired) electrons. The van der Waals surface area contributed by atoms with E-state index in [-0.39, 0.29) is 11.9 Å². The van der Waals surface area contributed by atoms with Crippen molar-refractivity contribution in [1.82, 2.24) is 25.6 Å². The number of fused-ring (bicyclic) bond motifs is 4. The molecule has 2 aromatic heterocycles. The summed E-state index contributed by atoms with van der Waals surface area (Å²) in [7, 11) is 0. The summed E-state index contributed by atoms with van der Waals surface area (Å²) in [4.78, 5) is 41.3. The van der Waals surface area contributed by atoms with Crippen molar-refractivity contribution in [3.63, 3.8) is 0 Å². The van der Waals surface area contributed by atoms with Crippen molar-refractivity contribution in [1.29, 1.82) is 0 Å². The van der Waals surface area contributed by atoms with E-state index in [9.17, 15) is 22.8 Å². The van der Waals surface area contributed by atoms with Crippen LogP contribution in [0.5, 0.6) is 0 Å². The molecule has 0 aromatic carbocycles. The highest BCUT2D eigenvalue weighted by Gasteiger charge is 2.41. The van der Waals surface area contributed by atoms with Crippen LogP contribution in [0.15, 0.2) is 24.0 Å². The minimum atomic E-state index is -4.57. The van der Waals surface area contributed by atoms with E-state index in [0.717, 1.165) is 0 Å². The zero-order chi connectivity index (χ0) is 24.1. The number of rotatable bonds is 4. The Morgan fingerprint density at radius 3 is 2.94 bits per heavy atom. The molecule has 0 spiro atoms. The third kappa shape index (κ3) is 4.06. The van der Waals surface area contributed by atoms with Crippen LogP contribution in [0.4, 0.5) is 34.6 Å². The summed E-state index contributed by atoms with van der Waals surface area (Å²) in [5, 5.41) is 9.62. The number of nitrogens with one attached hydrogen (secondary N) is 3. The standard InChI is InChI=1S/C19H19F3N8O3S/c1-18(25-3-5-33-18)12-8-34-16(26-12)28-17(32)30-10-2-4-29(7-10)11-6-23-13(27-14(11)30)15(31)24-9-19(20,21)22/h3,5-6,8,10,25H,2,4,7,9H2,1H3,(H,24,31)(H,26,28,32)/t10-,18?/m0/s1. The predicted octanol–water partition coefficient (Wildman–Crippen LogP) is 2.12. The molecule has 3 aliphatic heterocycles. The number of hydrogen-bond donors (Lipinski definition) is 3. The maximum Gasteiger partial charge on any atom is 0.405 e. The smallest absolute Gasteiger partial charge is 0.405 e. The van der Waals surface area contributed by atoms with Crippen molar-refractivity contribution >= 4 is 39.9 Å². The molecule has 5 rings (SSSR count). The fourth-order valence-corrected chi connectivity index (χ4v) is 4.77. The molecule has 15 heteroatoms. The highest BCUT2D eigenvalue weighted by atomic mass is 32.1. The van der Waals surface area contributed by atoms with Crippen molar-refractivity contribution in [2.24, 2.45) is 0 Å². The van der Waals surface area contributed by atoms with Gasteiger partial charge in [0.1, 0.15) is 18.5 Å². The topological polar surface area (TPSA) is 125 Å². The molecule has 1 fully saturated rings. The van der Waals surface area contributed by atoms with Crippen molar-refractivity contribution in [2.75, 3.05) is 34.8 Å². The van der Waals surface area contributed by atoms with E-state index in [1.165, 1.54) is 28.7 Å². The molecule has 3 amide bonds. The molecule has 1 saturated heterocycles. The molecule has 0 aliphatic carbocycles. The Balaban J connectivity index is 1.38. The molecule has 1 unspecified atom stereocenters. The number of carbonyl (C=O) groups excluding carboxylic acids is 2. The number of alkyl halides is 3. The molecule has 5 heterocycles. The van der Waals surface area contributed by atoms with Crippen LogP contribution >= 0.6 is 11.3 Å². The van der Waals surface area contributed by atoms with Crippen LogP contribution in [0.2, 0.25) is 0 Å². The van der Waals surface area contributed by atoms with Crippen LogP contribution in [0.25, 0.3) is 0 Å². The number of hydrogen-bond acceptors (Lipinski definition) is 9. The third-order valence-electron chi connectivity index (χ3n) is 5.66. The van der Waals surface area contributed by atoms with E-state index in [4.69, 9.17) is 4.74 Å². The Hall–Kier alpha value is -3.62. The van der Waals surface area contributed by atoms with Gasteiger partial charge < -0.3 is 20.3 Å². The molecular weight excluding hydrogens is 477 g/mol. The van der Waals surface area contributed by atoms with Crippen molar-refractivity contribution in [3.8, 4) is 0 Å². The molecule has 0 saturated carbocycles. The zero-order valence-electron chi connectivity index (χ0n) is 17.7. The molecular formula is C19H19F3N8O3S. The number of amides is 3. The first-order valence-corrected chi connectivity index (χ1v) is 11.1. The summed E-state index contributed by atoms with van der Waals surface area (Å²) >= 11 is 1.21. The highest BCUT2D eigenvalue weighted by molar-refractivity contribution is 7.14. The van der Waals surface area contributed by atoms with Gasteiger partial charge in [-0.2, -0.15) is 13.2 Å². The molecule has 2 atom stereocenters. The van der Waals surface area contributed by atoms with Crippen LogP contribution in [-0.2, 0) is 10.5 Å². The minimum Gasteiger partial charge on any atom is -0.469 e. The Labute approximate surface area is 195 Å². The lowest BCUT2D eigenvalue weighted by Crippen LogP contribution is -2.48. The molecule has 11 nitrogen and oxygen atoms in total. The van der Waals surface area contributed by atoms with Gasteiger partial charge in [-0.15, -0.1) is 11.3 Å². The first kappa shape index (κ1) is 22.2. The molecule has 2 aromatic rings. The second-order valence-electron chi connectivity index (χ2n) is 8.03. The van der Waals surface area contributed by atoms with E-state index >= 15 is 0 Å². The highest BCUT2D eigenvalue weighted by Crippen LogP contribution is 2.39. The average molecular weight is 496 g/mol. The lowest BCUT2D eigenvalue weighted by Gasteiger charge is -2.35. The summed E-state index contributed by atoms with van der Waals surface area (Å²) in [6, 6.07) is -0.743. The molecule has 180 valence electrons. The fourth-order valence-electron chi connectivity index (χ4n) is 3.98. The number of carbonyl (C=O) groups is 2. The van der Waals surface area contributed by atoms with Crippen molar-refractivity contribution < 1.29 is 27.5 Å².